The van der Waals surface area contributed by atoms with Crippen molar-refractivity contribution in [1.82, 2.24) is 58.6 Å². The minimum Gasteiger partial charge on any atom is -0.294 e. The molecule has 0 atom stereocenters. The second kappa shape index (κ2) is 33.3. The monoisotopic (exact) mass is 1750 g/mol. The normalized spacial score (nSPS) is 11.6. The first-order valence-corrected chi connectivity index (χ1v) is 46.1. The maximum atomic E-state index is 5.16. The first-order valence-electron chi connectivity index (χ1n) is 46.1. The van der Waals surface area contributed by atoms with E-state index in [4.69, 9.17) is 29.9 Å². The van der Waals surface area contributed by atoms with Crippen molar-refractivity contribution in [2.45, 2.75) is 0 Å². The molecule has 0 saturated carbocycles. The maximum Gasteiger partial charge on any atom is 0.145 e. The zero-order chi connectivity index (χ0) is 90.4. The average molecular weight is 1750 g/mol. The number of benzene rings is 16. The number of rotatable bonds is 11. The Kier molecular flexibility index (Phi) is 19.3. The van der Waals surface area contributed by atoms with E-state index in [1.165, 1.54) is 93.3 Å². The first kappa shape index (κ1) is 79.3. The predicted molar refractivity (Wildman–Crippen MR) is 566 cm³/mol. The van der Waals surface area contributed by atoms with E-state index in [0.29, 0.717) is 0 Å². The molecule has 0 radical (unpaired) electrons. The zero-order valence-corrected chi connectivity index (χ0v) is 73.9. The van der Waals surface area contributed by atoms with E-state index in [-0.39, 0.29) is 0 Å². The van der Waals surface area contributed by atoms with Crippen molar-refractivity contribution in [3.63, 3.8) is 0 Å². The van der Waals surface area contributed by atoms with Gasteiger partial charge in [-0.1, -0.05) is 291 Å². The van der Waals surface area contributed by atoms with Crippen LogP contribution in [0.25, 0.3) is 259 Å². The van der Waals surface area contributed by atoms with Gasteiger partial charge in [-0.25, -0.2) is 29.9 Å². The van der Waals surface area contributed by atoms with Gasteiger partial charge in [0.05, 0.1) is 66.7 Å². The lowest BCUT2D eigenvalue weighted by atomic mass is 9.91. The highest BCUT2D eigenvalue weighted by molar-refractivity contribution is 6.16. The number of fused-ring (bicyclic) bond motifs is 20. The van der Waals surface area contributed by atoms with Crippen LogP contribution in [0.1, 0.15) is 0 Å². The summed E-state index contributed by atoms with van der Waals surface area (Å²) in [6.45, 7) is 0. The van der Waals surface area contributed by atoms with Crippen molar-refractivity contribution in [2.24, 2.45) is 0 Å². The third-order valence-corrected chi connectivity index (χ3v) is 26.9. The number of aromatic nitrogens is 12. The average Bonchev–Trinajstić information content (AvgIpc) is 1.67. The summed E-state index contributed by atoms with van der Waals surface area (Å²) in [5.74, 6) is 0. The molecule has 0 saturated heterocycles. The van der Waals surface area contributed by atoms with E-state index < -0.39 is 0 Å². The summed E-state index contributed by atoms with van der Waals surface area (Å²) in [6, 6.07) is 154. The zero-order valence-electron chi connectivity index (χ0n) is 73.9. The molecule has 137 heavy (non-hydrogen) atoms. The fourth-order valence-electron chi connectivity index (χ4n) is 20.3. The smallest absolute Gasteiger partial charge is 0.145 e. The highest BCUT2D eigenvalue weighted by atomic mass is 15.1. The van der Waals surface area contributed by atoms with Gasteiger partial charge in [-0.2, -0.15) is 0 Å². The fraction of sp³-hybridized carbons (Fsp3) is 0. The van der Waals surface area contributed by atoms with Gasteiger partial charge in [0.25, 0.3) is 0 Å². The molecule has 0 fully saturated rings. The molecule has 0 aliphatic rings. The highest BCUT2D eigenvalue weighted by Crippen LogP contribution is 2.45. The first-order chi connectivity index (χ1) is 67.9. The third kappa shape index (κ3) is 14.0. The standard InChI is InChI=1S/C45H28N4.C41H26N4.C39H24N4/c1-2-9-34(10-3-1)49-42-25-21-33(28-40(42)39-13-7-27-47-45(39)49)36-23-22-35(37-11-4-5-12-38(36)37)29-14-16-30(17-15-29)41-24-20-32-19-18-31-8-6-26-46-43(31)44(32)48-41;1-2-7-34(8-3-1)45-38-23-21-33(26-36(38)35-9-5-25-43-41(35)45)29-12-10-27(11-13-29)28-14-16-30(17-15-28)37-22-20-32-19-18-31-6-4-24-42-39(31)40(32)44-37;1-2-9-28(10-3-1)43-36-21-17-27(24-34(36)33-13-7-23-41-39(33)43)29-18-19-32(31-12-5-4-11-30(29)31)35-20-16-26-15-14-25-8-6-22-40-37(25)38(26)42-35/h1-28H;1-26H;1-24H. The molecule has 12 aromatic heterocycles. The van der Waals surface area contributed by atoms with Crippen molar-refractivity contribution in [3.8, 4) is 106 Å². The fourth-order valence-corrected chi connectivity index (χ4v) is 20.3. The molecule has 28 aromatic rings. The van der Waals surface area contributed by atoms with Gasteiger partial charge in [0.2, 0.25) is 0 Å². The van der Waals surface area contributed by atoms with Crippen LogP contribution in [0, 0.1) is 0 Å². The van der Waals surface area contributed by atoms with Crippen LogP contribution in [-0.2, 0) is 0 Å². The van der Waals surface area contributed by atoms with Crippen LogP contribution in [0.4, 0.5) is 0 Å². The Morgan fingerprint density at radius 1 is 0.146 bits per heavy atom. The number of hydrogen-bond acceptors (Lipinski definition) is 9. The molecule has 28 rings (SSSR count). The number of nitrogens with zero attached hydrogens (tertiary/aromatic N) is 12. The van der Waals surface area contributed by atoms with Gasteiger partial charge in [0.15, 0.2) is 0 Å². The molecule has 0 unspecified atom stereocenters. The molecular formula is C125H78N12. The predicted octanol–water partition coefficient (Wildman–Crippen LogP) is 31.5. The lowest BCUT2D eigenvalue weighted by molar-refractivity contribution is 1.14. The number of pyridine rings is 9. The minimum absolute atomic E-state index is 0.928. The van der Waals surface area contributed by atoms with Crippen LogP contribution in [0.15, 0.2) is 474 Å². The number of hydrogen-bond donors (Lipinski definition) is 0. The molecule has 0 aliphatic heterocycles. The third-order valence-electron chi connectivity index (χ3n) is 26.9. The summed E-state index contributed by atoms with van der Waals surface area (Å²) in [5, 5.41) is 18.4. The van der Waals surface area contributed by atoms with Crippen LogP contribution >= 0.6 is 0 Å². The van der Waals surface area contributed by atoms with Crippen molar-refractivity contribution >= 4 is 153 Å². The molecule has 0 N–H and O–H groups in total. The van der Waals surface area contributed by atoms with Crippen LogP contribution in [0.2, 0.25) is 0 Å². The Hall–Kier alpha value is -18.7. The van der Waals surface area contributed by atoms with Crippen LogP contribution < -0.4 is 0 Å². The van der Waals surface area contributed by atoms with Crippen molar-refractivity contribution in [3.05, 3.63) is 474 Å². The Morgan fingerprint density at radius 3 is 0.781 bits per heavy atom. The van der Waals surface area contributed by atoms with Gasteiger partial charge in [-0.05, 0) is 223 Å². The van der Waals surface area contributed by atoms with Gasteiger partial charge in [0, 0.05) is 136 Å². The maximum absolute atomic E-state index is 5.16. The van der Waals surface area contributed by atoms with Crippen LogP contribution in [-0.4, -0.2) is 58.6 Å². The van der Waals surface area contributed by atoms with Crippen LogP contribution in [0.5, 0.6) is 0 Å². The van der Waals surface area contributed by atoms with Gasteiger partial charge in [-0.15, -0.1) is 0 Å². The molecule has 0 spiro atoms. The minimum atomic E-state index is 0.928. The van der Waals surface area contributed by atoms with Crippen molar-refractivity contribution < 1.29 is 0 Å². The summed E-state index contributed by atoms with van der Waals surface area (Å²) in [4.78, 5) is 43.5. The summed E-state index contributed by atoms with van der Waals surface area (Å²) >= 11 is 0. The molecule has 0 bridgehead atoms. The van der Waals surface area contributed by atoms with E-state index >= 15 is 0 Å². The molecule has 0 amide bonds. The van der Waals surface area contributed by atoms with E-state index in [9.17, 15) is 0 Å². The summed E-state index contributed by atoms with van der Waals surface area (Å²) in [5.41, 5.74) is 33.2. The summed E-state index contributed by atoms with van der Waals surface area (Å²) < 4.78 is 6.75. The van der Waals surface area contributed by atoms with E-state index in [1.54, 1.807) is 0 Å². The lowest BCUT2D eigenvalue weighted by Gasteiger charge is -2.13. The summed E-state index contributed by atoms with van der Waals surface area (Å²) in [6.07, 6.45) is 11.1. The van der Waals surface area contributed by atoms with E-state index in [1.807, 2.05) is 91.8 Å². The van der Waals surface area contributed by atoms with Crippen molar-refractivity contribution in [1.29, 1.82) is 0 Å². The van der Waals surface area contributed by atoms with Gasteiger partial charge in [0.1, 0.15) is 16.9 Å². The molecular weight excluding hydrogens is 1670 g/mol. The molecule has 0 aliphatic carbocycles. The Bertz CT molecular complexity index is 9660. The van der Waals surface area contributed by atoms with Gasteiger partial charge in [-0.3, -0.25) is 28.7 Å². The summed E-state index contributed by atoms with van der Waals surface area (Å²) in [7, 11) is 0. The van der Waals surface area contributed by atoms with E-state index in [0.717, 1.165) is 166 Å². The molecule has 16 aromatic carbocycles. The topological polar surface area (TPSA) is 131 Å². The SMILES string of the molecule is c1ccc(-n2c3ccc(-c4ccc(-c5ccc(-c6ccc7ccc8cccnc8c7n6)cc5)c5ccccc45)cc3c3cccnc32)cc1.c1ccc(-n2c3ccc(-c4ccc(-c5ccc(-c6ccc7ccc8cccnc8c7n6)cc5)cc4)cc3c3cccnc32)cc1.c1ccc(-n2c3ccc(-c4ccc(-c5ccc6ccc7cccnc7c6n5)c5ccccc45)cc3c3cccnc32)cc1. The Balaban J connectivity index is 0.000000107. The Morgan fingerprint density at radius 2 is 0.401 bits per heavy atom. The molecule has 12 heteroatoms. The van der Waals surface area contributed by atoms with Gasteiger partial charge < -0.3 is 0 Å². The van der Waals surface area contributed by atoms with Crippen molar-refractivity contribution in [2.75, 3.05) is 0 Å². The largest absolute Gasteiger partial charge is 0.294 e. The lowest BCUT2D eigenvalue weighted by Crippen LogP contribution is -1.94. The molecule has 12 heterocycles. The molecule has 12 nitrogen and oxygen atoms in total. The van der Waals surface area contributed by atoms with Gasteiger partial charge >= 0.3 is 0 Å². The molecule has 638 valence electrons. The second-order valence-corrected chi connectivity index (χ2v) is 34.7. The quantitative estimate of drug-likeness (QED) is 0.116. The Labute approximate surface area is 786 Å². The van der Waals surface area contributed by atoms with Crippen LogP contribution in [0.3, 0.4) is 0 Å². The highest BCUT2D eigenvalue weighted by Gasteiger charge is 2.22. The van der Waals surface area contributed by atoms with E-state index in [2.05, 4.69) is 411 Å². The second-order valence-electron chi connectivity index (χ2n) is 34.7. The number of para-hydroxylation sites is 3.